The Hall–Kier alpha value is -1.26. The normalized spacial score (nSPS) is 10.7. The highest BCUT2D eigenvalue weighted by Gasteiger charge is 2.10. The number of ether oxygens (including phenoxy) is 3. The molecule has 0 saturated heterocycles. The quantitative estimate of drug-likeness (QED) is 0.409. The molecule has 1 aromatic carbocycles. The first-order valence-corrected chi connectivity index (χ1v) is 8.72. The molecule has 4 nitrogen and oxygen atoms in total. The number of hydrogen-bond acceptors (Lipinski definition) is 4. The van der Waals surface area contributed by atoms with Crippen molar-refractivity contribution in [3.05, 3.63) is 23.8 Å². The number of methoxy groups -OCH3 is 2. The van der Waals surface area contributed by atoms with Crippen LogP contribution in [0.5, 0.6) is 11.5 Å². The summed E-state index contributed by atoms with van der Waals surface area (Å²) < 4.78 is 16.1. The van der Waals surface area contributed by atoms with E-state index in [1.807, 2.05) is 12.1 Å². The van der Waals surface area contributed by atoms with Crippen LogP contribution < -0.4 is 9.47 Å². The standard InChI is InChI=1S/C19H32O4/c1-21-16-23-19-17(13-11-14-18(19)22-2)12-9-7-5-3-4-6-8-10-15-20/h11,13-14,20H,3-10,12,15-16H2,1-2H3. The van der Waals surface area contributed by atoms with E-state index in [4.69, 9.17) is 19.3 Å². The lowest BCUT2D eigenvalue weighted by Gasteiger charge is -2.14. The Balaban J connectivity index is 2.28. The van der Waals surface area contributed by atoms with Gasteiger partial charge in [0.15, 0.2) is 18.3 Å². The van der Waals surface area contributed by atoms with Crippen LogP contribution in [0.25, 0.3) is 0 Å². The van der Waals surface area contributed by atoms with Gasteiger partial charge in [0.25, 0.3) is 0 Å². The minimum Gasteiger partial charge on any atom is -0.493 e. The molecule has 0 aliphatic heterocycles. The first kappa shape index (κ1) is 19.8. The molecule has 1 N–H and O–H groups in total. The van der Waals surface area contributed by atoms with Crippen LogP contribution in [0, 0.1) is 0 Å². The number of aryl methyl sites for hydroxylation is 1. The lowest BCUT2D eigenvalue weighted by Crippen LogP contribution is -2.03. The maximum Gasteiger partial charge on any atom is 0.188 e. The zero-order chi connectivity index (χ0) is 16.8. The first-order chi connectivity index (χ1) is 11.3. The van der Waals surface area contributed by atoms with Crippen LogP contribution in [0.15, 0.2) is 18.2 Å². The largest absolute Gasteiger partial charge is 0.493 e. The number of para-hydroxylation sites is 1. The van der Waals surface area contributed by atoms with Gasteiger partial charge in [0.1, 0.15) is 0 Å². The minimum atomic E-state index is 0.237. The van der Waals surface area contributed by atoms with Gasteiger partial charge in [-0.15, -0.1) is 0 Å². The Kier molecular flexibility index (Phi) is 11.4. The summed E-state index contributed by atoms with van der Waals surface area (Å²) in [6, 6.07) is 6.03. The Morgan fingerprint density at radius 2 is 1.52 bits per heavy atom. The molecule has 4 heteroatoms. The molecule has 23 heavy (non-hydrogen) atoms. The molecular weight excluding hydrogens is 292 g/mol. The average molecular weight is 324 g/mol. The molecule has 0 radical (unpaired) electrons. The van der Waals surface area contributed by atoms with Crippen molar-refractivity contribution in [2.45, 2.75) is 57.8 Å². The molecule has 0 bridgehead atoms. The van der Waals surface area contributed by atoms with Crippen molar-refractivity contribution in [3.8, 4) is 11.5 Å². The highest BCUT2D eigenvalue weighted by molar-refractivity contribution is 5.46. The molecule has 132 valence electrons. The van der Waals surface area contributed by atoms with E-state index in [9.17, 15) is 0 Å². The molecule has 0 unspecified atom stereocenters. The van der Waals surface area contributed by atoms with Crippen molar-refractivity contribution >= 4 is 0 Å². The summed E-state index contributed by atoms with van der Waals surface area (Å²) in [5.74, 6) is 1.57. The Morgan fingerprint density at radius 1 is 0.870 bits per heavy atom. The van der Waals surface area contributed by atoms with Gasteiger partial charge < -0.3 is 19.3 Å². The van der Waals surface area contributed by atoms with E-state index >= 15 is 0 Å². The van der Waals surface area contributed by atoms with E-state index in [1.54, 1.807) is 14.2 Å². The van der Waals surface area contributed by atoms with Crippen LogP contribution in [0.2, 0.25) is 0 Å². The monoisotopic (exact) mass is 324 g/mol. The number of aliphatic hydroxyl groups is 1. The maximum absolute atomic E-state index is 8.73. The molecule has 0 saturated carbocycles. The molecule has 0 spiro atoms. The van der Waals surface area contributed by atoms with E-state index in [-0.39, 0.29) is 6.79 Å². The van der Waals surface area contributed by atoms with Gasteiger partial charge in [0, 0.05) is 13.7 Å². The van der Waals surface area contributed by atoms with Gasteiger partial charge >= 0.3 is 0 Å². The van der Waals surface area contributed by atoms with Crippen molar-refractivity contribution in [2.75, 3.05) is 27.6 Å². The Morgan fingerprint density at radius 3 is 2.13 bits per heavy atom. The van der Waals surface area contributed by atoms with E-state index < -0.39 is 0 Å². The number of benzene rings is 1. The summed E-state index contributed by atoms with van der Waals surface area (Å²) in [6.07, 6.45) is 10.6. The minimum absolute atomic E-state index is 0.237. The van der Waals surface area contributed by atoms with Crippen molar-refractivity contribution in [1.29, 1.82) is 0 Å². The van der Waals surface area contributed by atoms with Gasteiger partial charge in [-0.3, -0.25) is 0 Å². The van der Waals surface area contributed by atoms with Crippen LogP contribution in [-0.4, -0.2) is 32.7 Å². The van der Waals surface area contributed by atoms with Crippen LogP contribution in [0.4, 0.5) is 0 Å². The van der Waals surface area contributed by atoms with Crippen LogP contribution >= 0.6 is 0 Å². The average Bonchev–Trinajstić information content (AvgIpc) is 2.58. The molecule has 0 amide bonds. The Labute approximate surface area is 140 Å². The van der Waals surface area contributed by atoms with Crippen molar-refractivity contribution in [2.24, 2.45) is 0 Å². The predicted molar refractivity (Wildman–Crippen MR) is 93.2 cm³/mol. The lowest BCUT2D eigenvalue weighted by atomic mass is 10.0. The molecule has 0 aromatic heterocycles. The fourth-order valence-electron chi connectivity index (χ4n) is 2.69. The third-order valence-corrected chi connectivity index (χ3v) is 3.96. The summed E-state index contributed by atoms with van der Waals surface area (Å²) >= 11 is 0. The van der Waals surface area contributed by atoms with Crippen molar-refractivity contribution < 1.29 is 19.3 Å². The van der Waals surface area contributed by atoms with Gasteiger partial charge in [-0.1, -0.05) is 50.7 Å². The van der Waals surface area contributed by atoms with Crippen molar-refractivity contribution in [1.82, 2.24) is 0 Å². The van der Waals surface area contributed by atoms with E-state index in [2.05, 4.69) is 6.07 Å². The lowest BCUT2D eigenvalue weighted by molar-refractivity contribution is 0.0484. The number of unbranched alkanes of at least 4 members (excludes halogenated alkanes) is 7. The zero-order valence-electron chi connectivity index (χ0n) is 14.7. The number of aliphatic hydroxyl groups excluding tert-OH is 1. The maximum atomic E-state index is 8.73. The predicted octanol–water partition coefficient (Wildman–Crippen LogP) is 4.33. The number of rotatable bonds is 14. The van der Waals surface area contributed by atoms with Gasteiger partial charge in [0.05, 0.1) is 7.11 Å². The van der Waals surface area contributed by atoms with Gasteiger partial charge in [-0.2, -0.15) is 0 Å². The van der Waals surface area contributed by atoms with Gasteiger partial charge in [-0.25, -0.2) is 0 Å². The molecule has 0 atom stereocenters. The van der Waals surface area contributed by atoms with E-state index in [1.165, 1.54) is 37.7 Å². The van der Waals surface area contributed by atoms with Crippen LogP contribution in [-0.2, 0) is 11.2 Å². The van der Waals surface area contributed by atoms with Gasteiger partial charge in [-0.05, 0) is 30.9 Å². The van der Waals surface area contributed by atoms with Crippen LogP contribution in [0.1, 0.15) is 56.9 Å². The molecule has 0 aliphatic carbocycles. The second-order valence-corrected chi connectivity index (χ2v) is 5.80. The molecule has 1 aromatic rings. The fraction of sp³-hybridized carbons (Fsp3) is 0.684. The molecule has 1 rings (SSSR count). The topological polar surface area (TPSA) is 47.9 Å². The summed E-state index contributed by atoms with van der Waals surface area (Å²) in [4.78, 5) is 0. The number of hydrogen-bond donors (Lipinski definition) is 1. The van der Waals surface area contributed by atoms with E-state index in [0.717, 1.165) is 37.2 Å². The van der Waals surface area contributed by atoms with Crippen molar-refractivity contribution in [3.63, 3.8) is 0 Å². The van der Waals surface area contributed by atoms with Crippen LogP contribution in [0.3, 0.4) is 0 Å². The third-order valence-electron chi connectivity index (χ3n) is 3.96. The zero-order valence-corrected chi connectivity index (χ0v) is 14.7. The molecule has 0 aliphatic rings. The SMILES string of the molecule is COCOc1c(CCCCCCCCCCO)cccc1OC. The smallest absolute Gasteiger partial charge is 0.188 e. The first-order valence-electron chi connectivity index (χ1n) is 8.72. The summed E-state index contributed by atoms with van der Waals surface area (Å²) in [7, 11) is 3.28. The summed E-state index contributed by atoms with van der Waals surface area (Å²) in [6.45, 7) is 0.565. The Bertz CT molecular complexity index is 406. The fourth-order valence-corrected chi connectivity index (χ4v) is 2.69. The molecular formula is C19H32O4. The molecule has 0 fully saturated rings. The highest BCUT2D eigenvalue weighted by atomic mass is 16.7. The summed E-state index contributed by atoms with van der Waals surface area (Å²) in [5, 5.41) is 8.73. The molecule has 0 heterocycles. The van der Waals surface area contributed by atoms with E-state index in [0.29, 0.717) is 6.61 Å². The highest BCUT2D eigenvalue weighted by Crippen LogP contribution is 2.32. The van der Waals surface area contributed by atoms with Gasteiger partial charge in [0.2, 0.25) is 0 Å². The second kappa shape index (κ2) is 13.2. The second-order valence-electron chi connectivity index (χ2n) is 5.80. The third kappa shape index (κ3) is 8.24. The summed E-state index contributed by atoms with van der Waals surface area (Å²) in [5.41, 5.74) is 1.18.